The normalized spacial score (nSPS) is 14.8. The van der Waals surface area contributed by atoms with Crippen LogP contribution in [0.2, 0.25) is 5.28 Å². The van der Waals surface area contributed by atoms with Gasteiger partial charge in [-0.05, 0) is 42.3 Å². The minimum absolute atomic E-state index is 0.175. The first-order chi connectivity index (χ1) is 10.3. The van der Waals surface area contributed by atoms with Crippen molar-refractivity contribution < 1.29 is 4.74 Å². The summed E-state index contributed by atoms with van der Waals surface area (Å²) in [7, 11) is 0. The summed E-state index contributed by atoms with van der Waals surface area (Å²) in [5.41, 5.74) is 2.33. The molecule has 1 heterocycles. The monoisotopic (exact) mass is 303 g/mol. The lowest BCUT2D eigenvalue weighted by molar-refractivity contribution is 0.291. The zero-order valence-electron chi connectivity index (χ0n) is 12.1. The van der Waals surface area contributed by atoms with Crippen molar-refractivity contribution in [2.24, 2.45) is 0 Å². The predicted molar refractivity (Wildman–Crippen MR) is 82.7 cm³/mol. The van der Waals surface area contributed by atoms with E-state index >= 15 is 0 Å². The molecular formula is C16H18ClN3O. The average Bonchev–Trinajstić information content (AvgIpc) is 2.43. The van der Waals surface area contributed by atoms with Crippen molar-refractivity contribution in [2.75, 3.05) is 6.61 Å². The highest BCUT2D eigenvalue weighted by molar-refractivity contribution is 6.28. The molecule has 4 nitrogen and oxygen atoms in total. The Hall–Kier alpha value is -1.68. The maximum Gasteiger partial charge on any atom is 0.321 e. The summed E-state index contributed by atoms with van der Waals surface area (Å²) in [6.07, 6.45) is 4.66. The Morgan fingerprint density at radius 2 is 2.00 bits per heavy atom. The van der Waals surface area contributed by atoms with Crippen LogP contribution in [0.25, 0.3) is 11.4 Å². The highest BCUT2D eigenvalue weighted by atomic mass is 35.5. The van der Waals surface area contributed by atoms with Crippen LogP contribution >= 0.6 is 11.6 Å². The Morgan fingerprint density at radius 3 is 2.71 bits per heavy atom. The van der Waals surface area contributed by atoms with Crippen LogP contribution in [0.15, 0.2) is 24.3 Å². The maximum absolute atomic E-state index is 6.02. The van der Waals surface area contributed by atoms with Crippen molar-refractivity contribution in [3.63, 3.8) is 0 Å². The van der Waals surface area contributed by atoms with Gasteiger partial charge in [-0.1, -0.05) is 37.6 Å². The third-order valence-electron chi connectivity index (χ3n) is 3.77. The molecule has 3 rings (SSSR count). The van der Waals surface area contributed by atoms with Gasteiger partial charge in [0.05, 0.1) is 6.61 Å². The third kappa shape index (κ3) is 3.16. The lowest BCUT2D eigenvalue weighted by atomic mass is 9.78. The SMILES string of the molecule is CCCOc1nc(Cl)nc(-c2ccccc2C2CCC2)n1. The van der Waals surface area contributed by atoms with Crippen molar-refractivity contribution in [1.29, 1.82) is 0 Å². The molecule has 0 atom stereocenters. The number of halogens is 1. The van der Waals surface area contributed by atoms with Gasteiger partial charge in [0.25, 0.3) is 0 Å². The molecule has 0 radical (unpaired) electrons. The molecule has 0 saturated heterocycles. The summed E-state index contributed by atoms with van der Waals surface area (Å²) in [6, 6.07) is 8.57. The second-order valence-electron chi connectivity index (χ2n) is 5.27. The van der Waals surface area contributed by atoms with Crippen LogP contribution in [0.1, 0.15) is 44.1 Å². The number of aromatic nitrogens is 3. The Bertz CT molecular complexity index is 629. The molecular weight excluding hydrogens is 286 g/mol. The fraction of sp³-hybridized carbons (Fsp3) is 0.438. The Morgan fingerprint density at radius 1 is 1.19 bits per heavy atom. The maximum atomic E-state index is 6.02. The van der Waals surface area contributed by atoms with Gasteiger partial charge in [-0.15, -0.1) is 0 Å². The van der Waals surface area contributed by atoms with Gasteiger partial charge >= 0.3 is 6.01 Å². The molecule has 0 unspecified atom stereocenters. The zero-order chi connectivity index (χ0) is 14.7. The molecule has 21 heavy (non-hydrogen) atoms. The molecule has 1 aromatic heterocycles. The molecule has 1 aliphatic carbocycles. The number of hydrogen-bond donors (Lipinski definition) is 0. The molecule has 5 heteroatoms. The summed E-state index contributed by atoms with van der Waals surface area (Å²) in [6.45, 7) is 2.61. The summed E-state index contributed by atoms with van der Waals surface area (Å²) in [4.78, 5) is 12.7. The summed E-state index contributed by atoms with van der Waals surface area (Å²) in [5, 5.41) is 0.175. The lowest BCUT2D eigenvalue weighted by Gasteiger charge is -2.27. The predicted octanol–water partition coefficient (Wildman–Crippen LogP) is 4.25. The number of nitrogens with zero attached hydrogens (tertiary/aromatic N) is 3. The summed E-state index contributed by atoms with van der Waals surface area (Å²) in [5.74, 6) is 1.21. The Balaban J connectivity index is 1.97. The lowest BCUT2D eigenvalue weighted by Crippen LogP contribution is -2.11. The molecule has 110 valence electrons. The quantitative estimate of drug-likeness (QED) is 0.828. The van der Waals surface area contributed by atoms with Crippen molar-refractivity contribution in [3.8, 4) is 17.4 Å². The zero-order valence-corrected chi connectivity index (χ0v) is 12.8. The van der Waals surface area contributed by atoms with Crippen molar-refractivity contribution in [1.82, 2.24) is 15.0 Å². The van der Waals surface area contributed by atoms with E-state index in [0.29, 0.717) is 24.4 Å². The number of hydrogen-bond acceptors (Lipinski definition) is 4. The average molecular weight is 304 g/mol. The van der Waals surface area contributed by atoms with E-state index in [1.807, 2.05) is 19.1 Å². The third-order valence-corrected chi connectivity index (χ3v) is 3.94. The van der Waals surface area contributed by atoms with Crippen molar-refractivity contribution >= 4 is 11.6 Å². The fourth-order valence-corrected chi connectivity index (χ4v) is 2.64. The first-order valence-electron chi connectivity index (χ1n) is 7.41. The van der Waals surface area contributed by atoms with Crippen LogP contribution in [0, 0.1) is 0 Å². The first kappa shape index (κ1) is 14.3. The van der Waals surface area contributed by atoms with Crippen molar-refractivity contribution in [3.05, 3.63) is 35.1 Å². The topological polar surface area (TPSA) is 47.9 Å². The molecule has 0 spiro atoms. The first-order valence-corrected chi connectivity index (χ1v) is 7.79. The fourth-order valence-electron chi connectivity index (χ4n) is 2.49. The molecule has 2 aromatic rings. The highest BCUT2D eigenvalue weighted by Crippen LogP contribution is 2.40. The van der Waals surface area contributed by atoms with Crippen LogP contribution in [-0.4, -0.2) is 21.6 Å². The van der Waals surface area contributed by atoms with Crippen LogP contribution in [0.4, 0.5) is 0 Å². The van der Waals surface area contributed by atoms with E-state index in [4.69, 9.17) is 16.3 Å². The standard InChI is InChI=1S/C16H18ClN3O/c1-2-10-21-16-19-14(18-15(17)20-16)13-9-4-3-8-12(13)11-6-5-7-11/h3-4,8-9,11H,2,5-7,10H2,1H3. The van der Waals surface area contributed by atoms with Gasteiger partial charge in [0, 0.05) is 5.56 Å². The molecule has 1 saturated carbocycles. The van der Waals surface area contributed by atoms with Crippen LogP contribution in [-0.2, 0) is 0 Å². The van der Waals surface area contributed by atoms with E-state index in [1.165, 1.54) is 24.8 Å². The van der Waals surface area contributed by atoms with E-state index in [2.05, 4.69) is 27.1 Å². The number of ether oxygens (including phenoxy) is 1. The number of benzene rings is 1. The van der Waals surface area contributed by atoms with Gasteiger partial charge in [-0.2, -0.15) is 15.0 Å². The van der Waals surface area contributed by atoms with Gasteiger partial charge in [0.1, 0.15) is 0 Å². The Labute approximate surface area is 129 Å². The Kier molecular flexibility index (Phi) is 4.34. The van der Waals surface area contributed by atoms with Gasteiger partial charge in [-0.3, -0.25) is 0 Å². The van der Waals surface area contributed by atoms with Crippen LogP contribution < -0.4 is 4.74 Å². The minimum Gasteiger partial charge on any atom is -0.463 e. The highest BCUT2D eigenvalue weighted by Gasteiger charge is 2.23. The second kappa shape index (κ2) is 6.39. The molecule has 0 amide bonds. The molecule has 1 fully saturated rings. The molecule has 1 aliphatic rings. The van der Waals surface area contributed by atoms with E-state index in [1.54, 1.807) is 0 Å². The smallest absolute Gasteiger partial charge is 0.321 e. The van der Waals surface area contributed by atoms with Crippen LogP contribution in [0.5, 0.6) is 6.01 Å². The van der Waals surface area contributed by atoms with E-state index in [0.717, 1.165) is 12.0 Å². The van der Waals surface area contributed by atoms with Gasteiger partial charge in [0.15, 0.2) is 5.82 Å². The minimum atomic E-state index is 0.175. The number of rotatable bonds is 5. The molecule has 0 aliphatic heterocycles. The molecule has 1 aromatic carbocycles. The van der Waals surface area contributed by atoms with E-state index in [9.17, 15) is 0 Å². The van der Waals surface area contributed by atoms with E-state index in [-0.39, 0.29) is 5.28 Å². The van der Waals surface area contributed by atoms with Gasteiger partial charge in [0.2, 0.25) is 5.28 Å². The molecule has 0 bridgehead atoms. The second-order valence-corrected chi connectivity index (χ2v) is 5.61. The largest absolute Gasteiger partial charge is 0.463 e. The summed E-state index contributed by atoms with van der Waals surface area (Å²) < 4.78 is 5.49. The summed E-state index contributed by atoms with van der Waals surface area (Å²) >= 11 is 6.02. The van der Waals surface area contributed by atoms with Gasteiger partial charge in [-0.25, -0.2) is 0 Å². The van der Waals surface area contributed by atoms with E-state index < -0.39 is 0 Å². The van der Waals surface area contributed by atoms with Crippen molar-refractivity contribution in [2.45, 2.75) is 38.5 Å². The van der Waals surface area contributed by atoms with Crippen LogP contribution in [0.3, 0.4) is 0 Å². The molecule has 0 N–H and O–H groups in total. The van der Waals surface area contributed by atoms with Gasteiger partial charge < -0.3 is 4.74 Å².